The lowest BCUT2D eigenvalue weighted by atomic mass is 9.75. The van der Waals surface area contributed by atoms with Gasteiger partial charge in [-0.25, -0.2) is 0 Å². The van der Waals surface area contributed by atoms with Gasteiger partial charge in [0, 0.05) is 23.7 Å². The maximum Gasteiger partial charge on any atom is 0.230 e. The minimum absolute atomic E-state index is 0.176. The molecule has 1 saturated carbocycles. The van der Waals surface area contributed by atoms with E-state index in [1.807, 2.05) is 12.1 Å². The SMILES string of the molecule is CC(C)NCc1ccc(NC(=O)C2(C)CCCCC2)cc1. The zero-order chi connectivity index (χ0) is 15.3. The van der Waals surface area contributed by atoms with E-state index in [1.165, 1.54) is 24.8 Å². The molecule has 0 saturated heterocycles. The molecule has 0 heterocycles. The molecule has 0 radical (unpaired) electrons. The van der Waals surface area contributed by atoms with Crippen LogP contribution in [0.4, 0.5) is 5.69 Å². The Kier molecular flexibility index (Phi) is 5.40. The van der Waals surface area contributed by atoms with Crippen molar-refractivity contribution in [3.8, 4) is 0 Å². The van der Waals surface area contributed by atoms with Gasteiger partial charge in [0.05, 0.1) is 0 Å². The Bertz CT molecular complexity index is 459. The number of anilines is 1. The Morgan fingerprint density at radius 1 is 1.14 bits per heavy atom. The summed E-state index contributed by atoms with van der Waals surface area (Å²) >= 11 is 0. The second-order valence-electron chi connectivity index (χ2n) is 6.81. The molecular formula is C18H28N2O. The van der Waals surface area contributed by atoms with E-state index in [4.69, 9.17) is 0 Å². The molecule has 0 spiro atoms. The predicted molar refractivity (Wildman–Crippen MR) is 88.2 cm³/mol. The number of hydrogen-bond donors (Lipinski definition) is 2. The first-order valence-corrected chi connectivity index (χ1v) is 8.13. The summed E-state index contributed by atoms with van der Waals surface area (Å²) in [4.78, 5) is 12.5. The monoisotopic (exact) mass is 288 g/mol. The van der Waals surface area contributed by atoms with Gasteiger partial charge in [-0.2, -0.15) is 0 Å². The largest absolute Gasteiger partial charge is 0.326 e. The molecule has 1 aromatic carbocycles. The van der Waals surface area contributed by atoms with Gasteiger partial charge in [-0.05, 0) is 30.5 Å². The van der Waals surface area contributed by atoms with Crippen LogP contribution in [0, 0.1) is 5.41 Å². The number of rotatable bonds is 5. The second kappa shape index (κ2) is 7.08. The lowest BCUT2D eigenvalue weighted by molar-refractivity contribution is -0.126. The van der Waals surface area contributed by atoms with Crippen LogP contribution in [0.25, 0.3) is 0 Å². The molecule has 2 N–H and O–H groups in total. The third-order valence-electron chi connectivity index (χ3n) is 4.43. The zero-order valence-electron chi connectivity index (χ0n) is 13.5. The summed E-state index contributed by atoms with van der Waals surface area (Å²) in [5.74, 6) is 0.176. The topological polar surface area (TPSA) is 41.1 Å². The first-order chi connectivity index (χ1) is 9.99. The third kappa shape index (κ3) is 4.57. The number of benzene rings is 1. The normalized spacial score (nSPS) is 17.7. The highest BCUT2D eigenvalue weighted by Crippen LogP contribution is 2.36. The van der Waals surface area contributed by atoms with Crippen molar-refractivity contribution in [3.63, 3.8) is 0 Å². The standard InChI is InChI=1S/C18H28N2O/c1-14(2)19-13-15-7-9-16(10-8-15)20-17(21)18(3)11-5-4-6-12-18/h7-10,14,19H,4-6,11-13H2,1-3H3,(H,20,21). The van der Waals surface area contributed by atoms with Gasteiger partial charge in [-0.1, -0.05) is 52.2 Å². The van der Waals surface area contributed by atoms with Gasteiger partial charge in [0.15, 0.2) is 0 Å². The minimum Gasteiger partial charge on any atom is -0.326 e. The Morgan fingerprint density at radius 3 is 2.33 bits per heavy atom. The van der Waals surface area contributed by atoms with Gasteiger partial charge >= 0.3 is 0 Å². The fourth-order valence-corrected chi connectivity index (χ4v) is 2.87. The zero-order valence-corrected chi connectivity index (χ0v) is 13.5. The maximum atomic E-state index is 12.5. The molecule has 1 aliphatic rings. The highest BCUT2D eigenvalue weighted by atomic mass is 16.2. The summed E-state index contributed by atoms with van der Waals surface area (Å²) in [5, 5.41) is 6.48. The van der Waals surface area contributed by atoms with Crippen molar-refractivity contribution in [2.24, 2.45) is 5.41 Å². The highest BCUT2D eigenvalue weighted by Gasteiger charge is 2.34. The minimum atomic E-state index is -0.184. The van der Waals surface area contributed by atoms with Crippen molar-refractivity contribution in [2.75, 3.05) is 5.32 Å². The van der Waals surface area contributed by atoms with E-state index in [0.717, 1.165) is 25.1 Å². The molecule has 3 heteroatoms. The first-order valence-electron chi connectivity index (χ1n) is 8.13. The van der Waals surface area contributed by atoms with E-state index in [2.05, 4.69) is 43.5 Å². The molecular weight excluding hydrogens is 260 g/mol. The molecule has 0 bridgehead atoms. The number of carbonyl (C=O) groups is 1. The summed E-state index contributed by atoms with van der Waals surface area (Å²) in [6.07, 6.45) is 5.62. The summed E-state index contributed by atoms with van der Waals surface area (Å²) in [6.45, 7) is 7.24. The molecule has 0 unspecified atom stereocenters. The summed E-state index contributed by atoms with van der Waals surface area (Å²) < 4.78 is 0. The van der Waals surface area contributed by atoms with Crippen LogP contribution in [0.1, 0.15) is 58.4 Å². The van der Waals surface area contributed by atoms with Crippen LogP contribution in [0.3, 0.4) is 0 Å². The summed E-state index contributed by atoms with van der Waals surface area (Å²) in [5.41, 5.74) is 1.96. The average Bonchev–Trinajstić information content (AvgIpc) is 2.47. The Hall–Kier alpha value is -1.35. The molecule has 0 aliphatic heterocycles. The molecule has 116 valence electrons. The Balaban J connectivity index is 1.92. The van der Waals surface area contributed by atoms with Crippen molar-refractivity contribution in [1.29, 1.82) is 0 Å². The average molecular weight is 288 g/mol. The molecule has 1 aromatic rings. The third-order valence-corrected chi connectivity index (χ3v) is 4.43. The van der Waals surface area contributed by atoms with Crippen LogP contribution in [0.2, 0.25) is 0 Å². The molecule has 0 aromatic heterocycles. The summed E-state index contributed by atoms with van der Waals surface area (Å²) in [6, 6.07) is 8.64. The number of carbonyl (C=O) groups excluding carboxylic acids is 1. The van der Waals surface area contributed by atoms with E-state index in [1.54, 1.807) is 0 Å². The lowest BCUT2D eigenvalue weighted by Crippen LogP contribution is -2.35. The summed E-state index contributed by atoms with van der Waals surface area (Å²) in [7, 11) is 0. The predicted octanol–water partition coefficient (Wildman–Crippen LogP) is 4.09. The quantitative estimate of drug-likeness (QED) is 0.856. The molecule has 1 amide bonds. The fourth-order valence-electron chi connectivity index (χ4n) is 2.87. The second-order valence-corrected chi connectivity index (χ2v) is 6.81. The molecule has 3 nitrogen and oxygen atoms in total. The van der Waals surface area contributed by atoms with Crippen LogP contribution >= 0.6 is 0 Å². The molecule has 21 heavy (non-hydrogen) atoms. The van der Waals surface area contributed by atoms with Crippen LogP contribution in [-0.2, 0) is 11.3 Å². The molecule has 2 rings (SSSR count). The van der Waals surface area contributed by atoms with E-state index in [0.29, 0.717) is 6.04 Å². The van der Waals surface area contributed by atoms with Crippen LogP contribution < -0.4 is 10.6 Å². The van der Waals surface area contributed by atoms with Crippen molar-refractivity contribution in [3.05, 3.63) is 29.8 Å². The van der Waals surface area contributed by atoms with Gasteiger partial charge < -0.3 is 10.6 Å². The van der Waals surface area contributed by atoms with Crippen molar-refractivity contribution < 1.29 is 4.79 Å². The highest BCUT2D eigenvalue weighted by molar-refractivity contribution is 5.95. The van der Waals surface area contributed by atoms with Crippen molar-refractivity contribution in [1.82, 2.24) is 5.32 Å². The lowest BCUT2D eigenvalue weighted by Gasteiger charge is -2.32. The first kappa shape index (κ1) is 16.0. The number of hydrogen-bond acceptors (Lipinski definition) is 2. The fraction of sp³-hybridized carbons (Fsp3) is 0.611. The van der Waals surface area contributed by atoms with Gasteiger partial charge in [0.2, 0.25) is 5.91 Å². The van der Waals surface area contributed by atoms with E-state index in [-0.39, 0.29) is 11.3 Å². The number of amides is 1. The smallest absolute Gasteiger partial charge is 0.230 e. The van der Waals surface area contributed by atoms with Crippen molar-refractivity contribution >= 4 is 11.6 Å². The van der Waals surface area contributed by atoms with Crippen LogP contribution in [-0.4, -0.2) is 11.9 Å². The van der Waals surface area contributed by atoms with E-state index < -0.39 is 0 Å². The van der Waals surface area contributed by atoms with Gasteiger partial charge in [0.1, 0.15) is 0 Å². The van der Waals surface area contributed by atoms with Gasteiger partial charge in [0.25, 0.3) is 0 Å². The molecule has 1 fully saturated rings. The van der Waals surface area contributed by atoms with Gasteiger partial charge in [-0.3, -0.25) is 4.79 Å². The van der Waals surface area contributed by atoms with Crippen LogP contribution in [0.15, 0.2) is 24.3 Å². The molecule has 0 atom stereocenters. The Morgan fingerprint density at radius 2 is 1.76 bits per heavy atom. The molecule has 1 aliphatic carbocycles. The van der Waals surface area contributed by atoms with Gasteiger partial charge in [-0.15, -0.1) is 0 Å². The maximum absolute atomic E-state index is 12.5. The Labute approximate surface area is 128 Å². The van der Waals surface area contributed by atoms with E-state index in [9.17, 15) is 4.79 Å². The van der Waals surface area contributed by atoms with E-state index >= 15 is 0 Å². The van der Waals surface area contributed by atoms with Crippen LogP contribution in [0.5, 0.6) is 0 Å². The number of nitrogens with one attached hydrogen (secondary N) is 2. The van der Waals surface area contributed by atoms with Crippen molar-refractivity contribution in [2.45, 2.75) is 65.5 Å².